The average Bonchev–Trinajstić information content (AvgIpc) is 2.85. The van der Waals surface area contributed by atoms with Crippen LogP contribution in [-0.4, -0.2) is 35.5 Å². The molecule has 2 N–H and O–H groups in total. The van der Waals surface area contributed by atoms with E-state index in [2.05, 4.69) is 16.8 Å². The molecule has 2 aromatic rings. The number of nitrogens with zero attached hydrogens (tertiary/aromatic N) is 3. The van der Waals surface area contributed by atoms with E-state index in [1.807, 2.05) is 11.5 Å². The molecule has 0 unspecified atom stereocenters. The normalized spacial score (nSPS) is 11.4. The third-order valence-corrected chi connectivity index (χ3v) is 4.81. The number of hydrogen-bond donors (Lipinski definition) is 1. The second kappa shape index (κ2) is 7.62. The van der Waals surface area contributed by atoms with E-state index in [4.69, 9.17) is 9.88 Å². The van der Waals surface area contributed by atoms with Crippen molar-refractivity contribution in [3.05, 3.63) is 42.7 Å². The maximum atomic E-state index is 11.2. The van der Waals surface area contributed by atoms with Crippen molar-refractivity contribution >= 4 is 21.8 Å². The molecule has 1 aromatic heterocycles. The van der Waals surface area contributed by atoms with Gasteiger partial charge in [-0.25, -0.2) is 13.6 Å². The van der Waals surface area contributed by atoms with Crippen molar-refractivity contribution in [3.63, 3.8) is 0 Å². The lowest BCUT2D eigenvalue weighted by Crippen LogP contribution is -2.11. The van der Waals surface area contributed by atoms with E-state index in [0.717, 1.165) is 11.0 Å². The van der Waals surface area contributed by atoms with Crippen LogP contribution in [0.15, 0.2) is 47.0 Å². The molecule has 0 aliphatic carbocycles. The highest BCUT2D eigenvalue weighted by atomic mass is 32.2. The molecular formula is C14H18N4O3S2. The summed E-state index contributed by atoms with van der Waals surface area (Å²) in [5.41, 5.74) is 0. The van der Waals surface area contributed by atoms with Gasteiger partial charge in [0.2, 0.25) is 10.0 Å². The first-order chi connectivity index (χ1) is 10.9. The van der Waals surface area contributed by atoms with Crippen molar-refractivity contribution in [1.29, 1.82) is 0 Å². The Labute approximate surface area is 139 Å². The summed E-state index contributed by atoms with van der Waals surface area (Å²) >= 11 is 1.54. The molecule has 0 radical (unpaired) electrons. The zero-order valence-electron chi connectivity index (χ0n) is 12.7. The summed E-state index contributed by atoms with van der Waals surface area (Å²) in [5.74, 6) is 2.11. The Morgan fingerprint density at radius 3 is 2.65 bits per heavy atom. The average molecular weight is 354 g/mol. The molecular weight excluding hydrogens is 336 g/mol. The molecule has 23 heavy (non-hydrogen) atoms. The number of rotatable bonds is 8. The van der Waals surface area contributed by atoms with Crippen LogP contribution in [0, 0.1) is 6.92 Å². The lowest BCUT2D eigenvalue weighted by Gasteiger charge is -2.07. The van der Waals surface area contributed by atoms with E-state index in [9.17, 15) is 8.42 Å². The van der Waals surface area contributed by atoms with E-state index in [1.54, 1.807) is 18.2 Å². The summed E-state index contributed by atoms with van der Waals surface area (Å²) in [7, 11) is -3.67. The molecule has 0 atom stereocenters. The topological polar surface area (TPSA) is 100 Å². The Morgan fingerprint density at radius 2 is 2.04 bits per heavy atom. The molecule has 0 aliphatic rings. The first-order valence-corrected chi connectivity index (χ1v) is 9.34. The first kappa shape index (κ1) is 17.5. The highest BCUT2D eigenvalue weighted by Gasteiger charge is 2.09. The number of nitrogens with two attached hydrogens (primary N) is 1. The minimum absolute atomic E-state index is 0.0622. The summed E-state index contributed by atoms with van der Waals surface area (Å²) in [5, 5.41) is 14.0. The third-order valence-electron chi connectivity index (χ3n) is 2.95. The maximum absolute atomic E-state index is 11.2. The predicted octanol–water partition coefficient (Wildman–Crippen LogP) is 1.59. The molecule has 0 bridgehead atoms. The SMILES string of the molecule is C=CCn1c(C)nnc1SCCOc1ccc(S(N)(=O)=O)cc1. The minimum Gasteiger partial charge on any atom is -0.493 e. The number of thioether (sulfide) groups is 1. The molecule has 9 heteroatoms. The number of allylic oxidation sites excluding steroid dienone is 1. The van der Waals surface area contributed by atoms with Gasteiger partial charge in [0.05, 0.1) is 11.5 Å². The quantitative estimate of drug-likeness (QED) is 0.439. The van der Waals surface area contributed by atoms with E-state index >= 15 is 0 Å². The van der Waals surface area contributed by atoms with Gasteiger partial charge in [0, 0.05) is 12.3 Å². The van der Waals surface area contributed by atoms with Crippen LogP contribution in [0.3, 0.4) is 0 Å². The summed E-state index contributed by atoms with van der Waals surface area (Å²) in [4.78, 5) is 0.0622. The van der Waals surface area contributed by atoms with Crippen LogP contribution < -0.4 is 9.88 Å². The van der Waals surface area contributed by atoms with Crippen molar-refractivity contribution in [2.45, 2.75) is 23.5 Å². The van der Waals surface area contributed by atoms with E-state index in [1.165, 1.54) is 23.9 Å². The molecule has 0 aliphatic heterocycles. The second-order valence-electron chi connectivity index (χ2n) is 4.64. The predicted molar refractivity (Wildman–Crippen MR) is 89.0 cm³/mol. The Kier molecular flexibility index (Phi) is 5.80. The monoisotopic (exact) mass is 354 g/mol. The first-order valence-electron chi connectivity index (χ1n) is 6.81. The van der Waals surface area contributed by atoms with Gasteiger partial charge in [0.15, 0.2) is 5.16 Å². The summed E-state index contributed by atoms with van der Waals surface area (Å²) < 4.78 is 29.9. The largest absolute Gasteiger partial charge is 0.493 e. The van der Waals surface area contributed by atoms with Crippen LogP contribution >= 0.6 is 11.8 Å². The molecule has 0 saturated heterocycles. The third kappa shape index (κ3) is 4.81. The molecule has 124 valence electrons. The number of ether oxygens (including phenoxy) is 1. The lowest BCUT2D eigenvalue weighted by atomic mass is 10.3. The number of sulfonamides is 1. The van der Waals surface area contributed by atoms with Gasteiger partial charge in [0.25, 0.3) is 0 Å². The molecule has 0 spiro atoms. The van der Waals surface area contributed by atoms with Gasteiger partial charge < -0.3 is 9.30 Å². The Balaban J connectivity index is 1.85. The fourth-order valence-electron chi connectivity index (χ4n) is 1.83. The van der Waals surface area contributed by atoms with Crippen LogP contribution in [0.1, 0.15) is 5.82 Å². The zero-order chi connectivity index (χ0) is 16.9. The lowest BCUT2D eigenvalue weighted by molar-refractivity contribution is 0.343. The van der Waals surface area contributed by atoms with Crippen molar-refractivity contribution in [3.8, 4) is 5.75 Å². The highest BCUT2D eigenvalue weighted by Crippen LogP contribution is 2.18. The molecule has 0 fully saturated rings. The minimum atomic E-state index is -3.67. The number of aryl methyl sites for hydroxylation is 1. The van der Waals surface area contributed by atoms with E-state index in [-0.39, 0.29) is 4.90 Å². The van der Waals surface area contributed by atoms with Crippen molar-refractivity contribution in [2.75, 3.05) is 12.4 Å². The van der Waals surface area contributed by atoms with Crippen molar-refractivity contribution in [2.24, 2.45) is 5.14 Å². The van der Waals surface area contributed by atoms with Crippen molar-refractivity contribution in [1.82, 2.24) is 14.8 Å². The van der Waals surface area contributed by atoms with Gasteiger partial charge >= 0.3 is 0 Å². The van der Waals surface area contributed by atoms with Gasteiger partial charge in [-0.3, -0.25) is 0 Å². The van der Waals surface area contributed by atoms with Crippen LogP contribution in [0.4, 0.5) is 0 Å². The molecule has 2 rings (SSSR count). The fraction of sp³-hybridized carbons (Fsp3) is 0.286. The Bertz CT molecular complexity index is 770. The van der Waals surface area contributed by atoms with E-state index in [0.29, 0.717) is 24.7 Å². The number of benzene rings is 1. The molecule has 0 amide bonds. The summed E-state index contributed by atoms with van der Waals surface area (Å²) in [6.07, 6.45) is 1.80. The molecule has 1 aromatic carbocycles. The molecule has 7 nitrogen and oxygen atoms in total. The highest BCUT2D eigenvalue weighted by molar-refractivity contribution is 7.99. The smallest absolute Gasteiger partial charge is 0.238 e. The summed E-state index contributed by atoms with van der Waals surface area (Å²) in [6, 6.07) is 5.99. The number of aromatic nitrogens is 3. The fourth-order valence-corrected chi connectivity index (χ4v) is 3.15. The Morgan fingerprint density at radius 1 is 1.35 bits per heavy atom. The van der Waals surface area contributed by atoms with Crippen LogP contribution in [0.2, 0.25) is 0 Å². The van der Waals surface area contributed by atoms with Crippen molar-refractivity contribution < 1.29 is 13.2 Å². The second-order valence-corrected chi connectivity index (χ2v) is 7.27. The number of primary sulfonamides is 1. The maximum Gasteiger partial charge on any atom is 0.238 e. The van der Waals surface area contributed by atoms with Gasteiger partial charge in [-0.1, -0.05) is 17.8 Å². The Hall–Kier alpha value is -1.84. The zero-order valence-corrected chi connectivity index (χ0v) is 14.3. The molecule has 0 saturated carbocycles. The standard InChI is InChI=1S/C14H18N4O3S2/c1-3-8-18-11(2)16-17-14(18)22-10-9-21-12-4-6-13(7-5-12)23(15,19)20/h3-7H,1,8-10H2,2H3,(H2,15,19,20). The van der Waals surface area contributed by atoms with Crippen LogP contribution in [-0.2, 0) is 16.6 Å². The van der Waals surface area contributed by atoms with Gasteiger partial charge in [-0.15, -0.1) is 16.8 Å². The van der Waals surface area contributed by atoms with Gasteiger partial charge in [-0.05, 0) is 31.2 Å². The van der Waals surface area contributed by atoms with Crippen LogP contribution in [0.25, 0.3) is 0 Å². The summed E-state index contributed by atoms with van der Waals surface area (Å²) in [6.45, 7) is 6.73. The van der Waals surface area contributed by atoms with Gasteiger partial charge in [0.1, 0.15) is 11.6 Å². The van der Waals surface area contributed by atoms with Gasteiger partial charge in [-0.2, -0.15) is 0 Å². The molecule has 1 heterocycles. The number of hydrogen-bond acceptors (Lipinski definition) is 6. The van der Waals surface area contributed by atoms with E-state index < -0.39 is 10.0 Å². The van der Waals surface area contributed by atoms with Crippen LogP contribution in [0.5, 0.6) is 5.75 Å².